The summed E-state index contributed by atoms with van der Waals surface area (Å²) in [5, 5.41) is 9.12. The normalized spacial score (nSPS) is 16.3. The second-order valence-corrected chi connectivity index (χ2v) is 3.21. The lowest BCUT2D eigenvalue weighted by atomic mass is 9.95. The predicted molar refractivity (Wildman–Crippen MR) is 53.7 cm³/mol. The van der Waals surface area contributed by atoms with Crippen molar-refractivity contribution >= 4 is 0 Å². The molecule has 66 valence electrons. The fourth-order valence-electron chi connectivity index (χ4n) is 1.51. The van der Waals surface area contributed by atoms with Crippen LogP contribution in [0.4, 0.5) is 0 Å². The average Bonchev–Trinajstić information content (AvgIpc) is 2.20. The van der Waals surface area contributed by atoms with Crippen LogP contribution in [-0.4, -0.2) is 5.11 Å². The number of hydrogen-bond donors (Lipinski definition) is 1. The van der Waals surface area contributed by atoms with Gasteiger partial charge in [-0.25, -0.2) is 0 Å². The minimum Gasteiger partial charge on any atom is -0.508 e. The molecule has 0 unspecified atom stereocenters. The van der Waals surface area contributed by atoms with Crippen molar-refractivity contribution in [3.63, 3.8) is 0 Å². The Bertz CT molecular complexity index is 321. The van der Waals surface area contributed by atoms with Crippen LogP contribution in [0, 0.1) is 0 Å². The molecular formula is C12H12O. The highest BCUT2D eigenvalue weighted by molar-refractivity contribution is 5.34. The van der Waals surface area contributed by atoms with Gasteiger partial charge in [-0.2, -0.15) is 0 Å². The Morgan fingerprint density at radius 2 is 1.62 bits per heavy atom. The van der Waals surface area contributed by atoms with Crippen LogP contribution in [0.1, 0.15) is 17.9 Å². The average molecular weight is 172 g/mol. The number of benzene rings is 1. The zero-order valence-electron chi connectivity index (χ0n) is 7.35. The van der Waals surface area contributed by atoms with Crippen LogP contribution >= 0.6 is 0 Å². The van der Waals surface area contributed by atoms with Crippen molar-refractivity contribution in [1.29, 1.82) is 0 Å². The number of rotatable bonds is 1. The number of hydrogen-bond acceptors (Lipinski definition) is 1. The SMILES string of the molecule is Oc1ccc(C2C=CCC=C2)cc1. The Kier molecular flexibility index (Phi) is 2.17. The molecular weight excluding hydrogens is 160 g/mol. The lowest BCUT2D eigenvalue weighted by Crippen LogP contribution is -1.92. The summed E-state index contributed by atoms with van der Waals surface area (Å²) in [6.07, 6.45) is 9.74. The molecule has 0 heterocycles. The van der Waals surface area contributed by atoms with Crippen molar-refractivity contribution < 1.29 is 5.11 Å². The van der Waals surface area contributed by atoms with E-state index in [1.807, 2.05) is 12.1 Å². The Morgan fingerprint density at radius 3 is 2.23 bits per heavy atom. The van der Waals surface area contributed by atoms with E-state index in [0.717, 1.165) is 6.42 Å². The van der Waals surface area contributed by atoms with Crippen LogP contribution < -0.4 is 0 Å². The molecule has 0 saturated heterocycles. The van der Waals surface area contributed by atoms with E-state index in [1.165, 1.54) is 5.56 Å². The molecule has 1 N–H and O–H groups in total. The van der Waals surface area contributed by atoms with E-state index in [2.05, 4.69) is 24.3 Å². The first-order valence-corrected chi connectivity index (χ1v) is 4.48. The van der Waals surface area contributed by atoms with Gasteiger partial charge in [0.15, 0.2) is 0 Å². The van der Waals surface area contributed by atoms with Gasteiger partial charge < -0.3 is 5.11 Å². The van der Waals surface area contributed by atoms with Crippen LogP contribution in [0.3, 0.4) is 0 Å². The number of phenols is 1. The molecule has 1 heteroatoms. The monoisotopic (exact) mass is 172 g/mol. The smallest absolute Gasteiger partial charge is 0.115 e. The fraction of sp³-hybridized carbons (Fsp3) is 0.167. The maximum absolute atomic E-state index is 9.12. The molecule has 1 aliphatic rings. The molecule has 0 amide bonds. The zero-order valence-corrected chi connectivity index (χ0v) is 7.35. The summed E-state index contributed by atoms with van der Waals surface area (Å²) in [7, 11) is 0. The molecule has 1 aromatic carbocycles. The van der Waals surface area contributed by atoms with Gasteiger partial charge in [0.05, 0.1) is 0 Å². The van der Waals surface area contributed by atoms with E-state index in [9.17, 15) is 0 Å². The molecule has 13 heavy (non-hydrogen) atoms. The number of phenolic OH excluding ortho intramolecular Hbond substituents is 1. The van der Waals surface area contributed by atoms with Crippen molar-refractivity contribution in [2.75, 3.05) is 0 Å². The first kappa shape index (κ1) is 8.11. The summed E-state index contributed by atoms with van der Waals surface area (Å²) in [6, 6.07) is 7.37. The highest BCUT2D eigenvalue weighted by Crippen LogP contribution is 2.23. The second-order valence-electron chi connectivity index (χ2n) is 3.21. The summed E-state index contributed by atoms with van der Waals surface area (Å²) in [5.41, 5.74) is 1.23. The molecule has 1 aliphatic carbocycles. The van der Waals surface area contributed by atoms with Gasteiger partial charge in [0.2, 0.25) is 0 Å². The number of allylic oxidation sites excluding steroid dienone is 4. The molecule has 0 aromatic heterocycles. The Balaban J connectivity index is 2.25. The van der Waals surface area contributed by atoms with Gasteiger partial charge in [-0.15, -0.1) is 0 Å². The summed E-state index contributed by atoms with van der Waals surface area (Å²) in [6.45, 7) is 0. The molecule has 1 aromatic rings. The minimum absolute atomic E-state index is 0.326. The third-order valence-electron chi connectivity index (χ3n) is 2.24. The second kappa shape index (κ2) is 3.48. The summed E-state index contributed by atoms with van der Waals surface area (Å²) >= 11 is 0. The molecule has 2 rings (SSSR count). The van der Waals surface area contributed by atoms with Crippen molar-refractivity contribution in [2.24, 2.45) is 0 Å². The van der Waals surface area contributed by atoms with E-state index in [0.29, 0.717) is 11.7 Å². The first-order chi connectivity index (χ1) is 6.36. The summed E-state index contributed by atoms with van der Waals surface area (Å²) < 4.78 is 0. The van der Waals surface area contributed by atoms with Gasteiger partial charge in [-0.05, 0) is 24.1 Å². The molecule has 0 fully saturated rings. The van der Waals surface area contributed by atoms with Gasteiger partial charge in [-0.1, -0.05) is 36.4 Å². The van der Waals surface area contributed by atoms with Gasteiger partial charge in [0, 0.05) is 5.92 Å². The first-order valence-electron chi connectivity index (χ1n) is 4.48. The standard InChI is InChI=1S/C12H12O/c13-12-8-6-11(7-9-12)10-4-2-1-3-5-10/h2-10,13H,1H2. The lowest BCUT2D eigenvalue weighted by molar-refractivity contribution is 0.475. The van der Waals surface area contributed by atoms with Crippen molar-refractivity contribution in [2.45, 2.75) is 12.3 Å². The lowest BCUT2D eigenvalue weighted by Gasteiger charge is -2.10. The van der Waals surface area contributed by atoms with Gasteiger partial charge >= 0.3 is 0 Å². The van der Waals surface area contributed by atoms with Crippen molar-refractivity contribution in [1.82, 2.24) is 0 Å². The zero-order chi connectivity index (χ0) is 9.10. The van der Waals surface area contributed by atoms with E-state index < -0.39 is 0 Å². The Hall–Kier alpha value is -1.50. The van der Waals surface area contributed by atoms with E-state index in [-0.39, 0.29) is 0 Å². The highest BCUT2D eigenvalue weighted by atomic mass is 16.3. The molecule has 0 bridgehead atoms. The molecule has 1 nitrogen and oxygen atoms in total. The van der Waals surface area contributed by atoms with Gasteiger partial charge in [-0.3, -0.25) is 0 Å². The molecule has 0 saturated carbocycles. The molecule has 0 spiro atoms. The topological polar surface area (TPSA) is 20.2 Å². The third kappa shape index (κ3) is 1.81. The maximum atomic E-state index is 9.12. The van der Waals surface area contributed by atoms with Crippen LogP contribution in [0.2, 0.25) is 0 Å². The van der Waals surface area contributed by atoms with Crippen molar-refractivity contribution in [3.05, 3.63) is 54.1 Å². The number of aromatic hydroxyl groups is 1. The van der Waals surface area contributed by atoms with E-state index in [1.54, 1.807) is 12.1 Å². The Labute approximate surface area is 78.0 Å². The summed E-state index contributed by atoms with van der Waals surface area (Å²) in [4.78, 5) is 0. The predicted octanol–water partition coefficient (Wildman–Crippen LogP) is 2.99. The summed E-state index contributed by atoms with van der Waals surface area (Å²) in [5.74, 6) is 0.710. The van der Waals surface area contributed by atoms with E-state index >= 15 is 0 Å². The van der Waals surface area contributed by atoms with Gasteiger partial charge in [0.1, 0.15) is 5.75 Å². The van der Waals surface area contributed by atoms with Crippen LogP contribution in [0.15, 0.2) is 48.6 Å². The molecule has 0 aliphatic heterocycles. The van der Waals surface area contributed by atoms with Crippen molar-refractivity contribution in [3.8, 4) is 5.75 Å². The quantitative estimate of drug-likeness (QED) is 0.645. The minimum atomic E-state index is 0.326. The maximum Gasteiger partial charge on any atom is 0.115 e. The fourth-order valence-corrected chi connectivity index (χ4v) is 1.51. The molecule has 0 atom stereocenters. The highest BCUT2D eigenvalue weighted by Gasteiger charge is 2.05. The largest absolute Gasteiger partial charge is 0.508 e. The van der Waals surface area contributed by atoms with Gasteiger partial charge in [0.25, 0.3) is 0 Å². The van der Waals surface area contributed by atoms with Crippen LogP contribution in [-0.2, 0) is 0 Å². The van der Waals surface area contributed by atoms with E-state index in [4.69, 9.17) is 5.11 Å². The Morgan fingerprint density at radius 1 is 1.00 bits per heavy atom. The third-order valence-corrected chi connectivity index (χ3v) is 2.24. The molecule has 0 radical (unpaired) electrons. The van der Waals surface area contributed by atoms with Crippen LogP contribution in [0.5, 0.6) is 5.75 Å². The van der Waals surface area contributed by atoms with Crippen LogP contribution in [0.25, 0.3) is 0 Å².